The van der Waals surface area contributed by atoms with Gasteiger partial charge in [0.1, 0.15) is 0 Å². The topological polar surface area (TPSA) is 83.8 Å². The summed E-state index contributed by atoms with van der Waals surface area (Å²) in [6.07, 6.45) is 11.1. The molecule has 0 aromatic carbocycles. The van der Waals surface area contributed by atoms with E-state index in [1.165, 1.54) is 5.57 Å². The maximum atomic E-state index is 12.8. The second-order valence-corrected chi connectivity index (χ2v) is 9.45. The van der Waals surface area contributed by atoms with Gasteiger partial charge in [-0.05, 0) is 73.8 Å². The number of allylic oxidation sites excluding steroid dienone is 4. The van der Waals surface area contributed by atoms with Gasteiger partial charge in [0.05, 0.1) is 0 Å². The van der Waals surface area contributed by atoms with Crippen molar-refractivity contribution in [2.45, 2.75) is 58.3 Å². The second-order valence-electron chi connectivity index (χ2n) is 9.45. The van der Waals surface area contributed by atoms with E-state index in [4.69, 9.17) is 0 Å². The zero-order valence-electron chi connectivity index (χ0n) is 16.4. The van der Waals surface area contributed by atoms with Crippen LogP contribution in [0.3, 0.4) is 0 Å². The van der Waals surface area contributed by atoms with Crippen LogP contribution in [-0.4, -0.2) is 34.9 Å². The van der Waals surface area contributed by atoms with Crippen LogP contribution in [0.4, 0.5) is 0 Å². The van der Waals surface area contributed by atoms with Crippen LogP contribution in [0, 0.1) is 34.5 Å². The molecular formula is C22H30O5. The molecule has 0 aromatic heterocycles. The number of rotatable bonds is 3. The van der Waals surface area contributed by atoms with Gasteiger partial charge >= 0.3 is 5.97 Å². The number of hydrogen-bond donors (Lipinski definition) is 2. The van der Waals surface area contributed by atoms with E-state index in [1.54, 1.807) is 6.08 Å². The van der Waals surface area contributed by atoms with Crippen molar-refractivity contribution in [2.24, 2.45) is 34.5 Å². The molecule has 0 bridgehead atoms. The largest absolute Gasteiger partial charge is 0.341 e. The minimum absolute atomic E-state index is 0.0650. The molecule has 148 valence electrons. The Morgan fingerprint density at radius 3 is 2.63 bits per heavy atom. The molecule has 0 aromatic rings. The fourth-order valence-corrected chi connectivity index (χ4v) is 6.96. The smallest absolute Gasteiger partial charge is 0.337 e. The second kappa shape index (κ2) is 6.10. The fraction of sp³-hybridized carbons (Fsp3) is 0.727. The van der Waals surface area contributed by atoms with Crippen molar-refractivity contribution in [3.63, 3.8) is 0 Å². The first kappa shape index (κ1) is 19.0. The Hall–Kier alpha value is -1.30. The summed E-state index contributed by atoms with van der Waals surface area (Å²) in [6.45, 7) is 4.42. The third-order valence-corrected chi connectivity index (χ3v) is 8.48. The predicted molar refractivity (Wildman–Crippen MR) is 99.3 cm³/mol. The Balaban J connectivity index is 1.63. The molecule has 0 saturated heterocycles. The normalized spacial score (nSPS) is 43.6. The summed E-state index contributed by atoms with van der Waals surface area (Å²) in [6, 6.07) is 0. The molecule has 0 radical (unpaired) electrons. The number of aliphatic hydroxyl groups is 2. The SMILES string of the molecule is COC(O)(O)C(=O)[C@H]1CC[C@H]2[C@@H]3CCC4=CC(=O)C=C[C@]4(C)[C@H]3CC[C@]12C. The number of methoxy groups -OCH3 is 1. The number of ketones is 2. The molecule has 6 atom stereocenters. The number of fused-ring (bicyclic) bond motifs is 5. The van der Waals surface area contributed by atoms with E-state index in [0.29, 0.717) is 24.2 Å². The molecular weight excluding hydrogens is 344 g/mol. The van der Waals surface area contributed by atoms with Gasteiger partial charge < -0.3 is 14.9 Å². The van der Waals surface area contributed by atoms with Gasteiger partial charge in [0.15, 0.2) is 5.78 Å². The van der Waals surface area contributed by atoms with Crippen LogP contribution < -0.4 is 0 Å². The molecule has 3 fully saturated rings. The fourth-order valence-electron chi connectivity index (χ4n) is 6.96. The van der Waals surface area contributed by atoms with Crippen molar-refractivity contribution in [3.05, 3.63) is 23.8 Å². The highest BCUT2D eigenvalue weighted by molar-refractivity contribution is 6.01. The van der Waals surface area contributed by atoms with Crippen LogP contribution in [0.25, 0.3) is 0 Å². The molecule has 4 aliphatic carbocycles. The van der Waals surface area contributed by atoms with E-state index in [-0.39, 0.29) is 22.5 Å². The molecule has 4 rings (SSSR count). The maximum Gasteiger partial charge on any atom is 0.341 e. The minimum Gasteiger partial charge on any atom is -0.337 e. The van der Waals surface area contributed by atoms with Gasteiger partial charge in [-0.1, -0.05) is 25.5 Å². The van der Waals surface area contributed by atoms with Crippen molar-refractivity contribution in [2.75, 3.05) is 7.11 Å². The lowest BCUT2D eigenvalue weighted by atomic mass is 9.47. The van der Waals surface area contributed by atoms with Crippen LogP contribution in [0.15, 0.2) is 23.8 Å². The first-order valence-electron chi connectivity index (χ1n) is 10.1. The number of carbonyl (C=O) groups excluding carboxylic acids is 2. The van der Waals surface area contributed by atoms with Crippen molar-refractivity contribution < 1.29 is 24.5 Å². The average molecular weight is 374 g/mol. The molecule has 4 aliphatic rings. The molecule has 3 saturated carbocycles. The van der Waals surface area contributed by atoms with Crippen LogP contribution in [0.1, 0.15) is 52.4 Å². The molecule has 0 heterocycles. The highest BCUT2D eigenvalue weighted by atomic mass is 16.8. The Morgan fingerprint density at radius 2 is 1.93 bits per heavy atom. The van der Waals surface area contributed by atoms with Crippen molar-refractivity contribution in [1.82, 2.24) is 0 Å². The third kappa shape index (κ3) is 2.62. The summed E-state index contributed by atoms with van der Waals surface area (Å²) in [5.41, 5.74) is 0.971. The molecule has 27 heavy (non-hydrogen) atoms. The highest BCUT2D eigenvalue weighted by Crippen LogP contribution is 2.66. The summed E-state index contributed by atoms with van der Waals surface area (Å²) in [5, 5.41) is 19.9. The van der Waals surface area contributed by atoms with Gasteiger partial charge in [-0.25, -0.2) is 0 Å². The molecule has 5 heteroatoms. The van der Waals surface area contributed by atoms with E-state index in [9.17, 15) is 19.8 Å². The van der Waals surface area contributed by atoms with E-state index >= 15 is 0 Å². The summed E-state index contributed by atoms with van der Waals surface area (Å²) < 4.78 is 4.65. The molecule has 0 amide bonds. The monoisotopic (exact) mass is 374 g/mol. The summed E-state index contributed by atoms with van der Waals surface area (Å²) in [7, 11) is 1.15. The maximum absolute atomic E-state index is 12.8. The molecule has 2 N–H and O–H groups in total. The number of ether oxygens (including phenoxy) is 1. The minimum atomic E-state index is -2.69. The van der Waals surface area contributed by atoms with Gasteiger partial charge in [-0.15, -0.1) is 0 Å². The molecule has 0 aliphatic heterocycles. The standard InChI is InChI=1S/C22H30O5/c1-20-10-8-14(23)12-13(20)4-5-15-16-6-7-18(19(24)22(25,26)27-3)21(16,2)11-9-17(15)20/h8,10,12,15-18,25-26H,4-7,9,11H2,1-3H3/t15-,16-,17-,18+,20-,21-/m0/s1. The lowest BCUT2D eigenvalue weighted by Crippen LogP contribution is -2.53. The lowest BCUT2D eigenvalue weighted by molar-refractivity contribution is -0.304. The zero-order valence-corrected chi connectivity index (χ0v) is 16.4. The molecule has 0 spiro atoms. The summed E-state index contributed by atoms with van der Waals surface area (Å²) in [4.78, 5) is 24.6. The third-order valence-electron chi connectivity index (χ3n) is 8.48. The van der Waals surface area contributed by atoms with E-state index in [1.807, 2.05) is 6.08 Å². The zero-order chi connectivity index (χ0) is 19.6. The Morgan fingerprint density at radius 1 is 1.19 bits per heavy atom. The lowest BCUT2D eigenvalue weighted by Gasteiger charge is -2.57. The molecule has 0 unspecified atom stereocenters. The van der Waals surface area contributed by atoms with Crippen molar-refractivity contribution in [3.8, 4) is 0 Å². The summed E-state index contributed by atoms with van der Waals surface area (Å²) in [5.74, 6) is -2.22. The number of carbonyl (C=O) groups is 2. The van der Waals surface area contributed by atoms with Crippen molar-refractivity contribution in [1.29, 1.82) is 0 Å². The Labute approximate surface area is 160 Å². The Bertz CT molecular complexity index is 735. The highest BCUT2D eigenvalue weighted by Gasteiger charge is 2.61. The number of hydrogen-bond acceptors (Lipinski definition) is 5. The predicted octanol–water partition coefficient (Wildman–Crippen LogP) is 2.76. The average Bonchev–Trinajstić information content (AvgIpc) is 2.98. The van der Waals surface area contributed by atoms with E-state index < -0.39 is 11.8 Å². The van der Waals surface area contributed by atoms with Crippen molar-refractivity contribution >= 4 is 11.6 Å². The van der Waals surface area contributed by atoms with Crippen LogP contribution >= 0.6 is 0 Å². The first-order valence-corrected chi connectivity index (χ1v) is 10.1. The quantitative estimate of drug-likeness (QED) is 0.742. The Kier molecular flexibility index (Phi) is 4.30. The van der Waals surface area contributed by atoms with E-state index in [2.05, 4.69) is 24.7 Å². The van der Waals surface area contributed by atoms with Gasteiger partial charge in [-0.3, -0.25) is 9.59 Å². The van der Waals surface area contributed by atoms with Crippen LogP contribution in [0.5, 0.6) is 0 Å². The van der Waals surface area contributed by atoms with Gasteiger partial charge in [0, 0.05) is 18.4 Å². The molecule has 5 nitrogen and oxygen atoms in total. The van der Waals surface area contributed by atoms with Gasteiger partial charge in [0.25, 0.3) is 0 Å². The van der Waals surface area contributed by atoms with Gasteiger partial charge in [-0.2, -0.15) is 0 Å². The summed E-state index contributed by atoms with van der Waals surface area (Å²) >= 11 is 0. The van der Waals surface area contributed by atoms with Crippen LogP contribution in [-0.2, 0) is 14.3 Å². The first-order chi connectivity index (χ1) is 12.6. The van der Waals surface area contributed by atoms with E-state index in [0.717, 1.165) is 39.2 Å². The van der Waals surface area contributed by atoms with Gasteiger partial charge in [0.2, 0.25) is 5.78 Å². The van der Waals surface area contributed by atoms with Crippen LogP contribution in [0.2, 0.25) is 0 Å². The number of Topliss-reactive ketones (excluding diaryl/α,β-unsaturated/α-hetero) is 1.